The van der Waals surface area contributed by atoms with Gasteiger partial charge in [0.05, 0.1) is 18.0 Å². The van der Waals surface area contributed by atoms with E-state index in [2.05, 4.69) is 4.98 Å². The number of sulfonamides is 1. The first kappa shape index (κ1) is 21.8. The number of benzene rings is 1. The molecule has 0 unspecified atom stereocenters. The van der Waals surface area contributed by atoms with Gasteiger partial charge in [-0.1, -0.05) is 11.6 Å². The lowest BCUT2D eigenvalue weighted by molar-refractivity contribution is 0.0520. The summed E-state index contributed by atoms with van der Waals surface area (Å²) in [6, 6.07) is 5.99. The molecule has 7 nitrogen and oxygen atoms in total. The number of carbonyl (C=O) groups is 1. The summed E-state index contributed by atoms with van der Waals surface area (Å²) in [5, 5.41) is 2.53. The van der Waals surface area contributed by atoms with E-state index in [0.717, 1.165) is 0 Å². The average molecular weight is 433 g/mol. The van der Waals surface area contributed by atoms with Crippen molar-refractivity contribution in [2.75, 3.05) is 26.9 Å². The van der Waals surface area contributed by atoms with Crippen LogP contribution in [0.4, 0.5) is 0 Å². The Morgan fingerprint density at radius 2 is 2.00 bits per heavy atom. The number of hydrogen-bond donors (Lipinski definition) is 0. The quantitative estimate of drug-likeness (QED) is 0.423. The number of carbonyl (C=O) groups excluding carboxylic acids is 1. The molecule has 10 heteroatoms. The smallest absolute Gasteiger partial charge is 0.357 e. The van der Waals surface area contributed by atoms with Crippen LogP contribution in [0.15, 0.2) is 34.5 Å². The number of thiazole rings is 1. The minimum atomic E-state index is -3.75. The molecule has 0 spiro atoms. The maximum Gasteiger partial charge on any atom is 0.357 e. The molecule has 0 fully saturated rings. The molecule has 148 valence electrons. The summed E-state index contributed by atoms with van der Waals surface area (Å²) in [4.78, 5) is 16.1. The van der Waals surface area contributed by atoms with E-state index in [1.165, 1.54) is 39.9 Å². The van der Waals surface area contributed by atoms with Gasteiger partial charge in [0.15, 0.2) is 5.69 Å². The van der Waals surface area contributed by atoms with E-state index in [-0.39, 0.29) is 30.3 Å². The van der Waals surface area contributed by atoms with E-state index >= 15 is 0 Å². The van der Waals surface area contributed by atoms with Gasteiger partial charge in [-0.2, -0.15) is 4.31 Å². The molecule has 0 saturated carbocycles. The van der Waals surface area contributed by atoms with Crippen molar-refractivity contribution in [2.24, 2.45) is 0 Å². The fourth-order valence-corrected chi connectivity index (χ4v) is 4.68. The van der Waals surface area contributed by atoms with Crippen LogP contribution in [0.1, 0.15) is 28.8 Å². The van der Waals surface area contributed by atoms with Crippen LogP contribution in [-0.4, -0.2) is 50.5 Å². The largest absolute Gasteiger partial charge is 0.461 e. The van der Waals surface area contributed by atoms with Gasteiger partial charge in [0.2, 0.25) is 10.0 Å². The maximum absolute atomic E-state index is 13.0. The Kier molecular flexibility index (Phi) is 8.18. The third-order valence-corrected chi connectivity index (χ3v) is 6.50. The molecule has 0 aliphatic heterocycles. The number of halogens is 1. The molecule has 2 aromatic rings. The zero-order valence-electron chi connectivity index (χ0n) is 15.1. The second-order valence-electron chi connectivity index (χ2n) is 5.49. The van der Waals surface area contributed by atoms with E-state index in [4.69, 9.17) is 21.1 Å². The van der Waals surface area contributed by atoms with Crippen LogP contribution in [0, 0.1) is 0 Å². The van der Waals surface area contributed by atoms with Crippen molar-refractivity contribution in [3.8, 4) is 0 Å². The Morgan fingerprint density at radius 1 is 1.30 bits per heavy atom. The summed E-state index contributed by atoms with van der Waals surface area (Å²) in [7, 11) is -2.19. The first-order valence-electron chi connectivity index (χ1n) is 8.24. The maximum atomic E-state index is 13.0. The summed E-state index contributed by atoms with van der Waals surface area (Å²) in [5.74, 6) is -0.522. The van der Waals surface area contributed by atoms with Crippen LogP contribution in [-0.2, 0) is 26.0 Å². The molecule has 0 aliphatic rings. The molecule has 0 amide bonds. The molecule has 0 radical (unpaired) electrons. The minimum Gasteiger partial charge on any atom is -0.461 e. The average Bonchev–Trinajstić information content (AvgIpc) is 3.10. The van der Waals surface area contributed by atoms with Crippen molar-refractivity contribution in [1.29, 1.82) is 0 Å². The third kappa shape index (κ3) is 5.98. The number of methoxy groups -OCH3 is 1. The molecule has 1 aromatic heterocycles. The minimum absolute atomic E-state index is 0.0543. The van der Waals surface area contributed by atoms with Crippen LogP contribution in [0.3, 0.4) is 0 Å². The number of ether oxygens (including phenoxy) is 2. The molecule has 0 saturated heterocycles. The van der Waals surface area contributed by atoms with Crippen molar-refractivity contribution >= 4 is 38.9 Å². The molecule has 0 bridgehead atoms. The van der Waals surface area contributed by atoms with Crippen molar-refractivity contribution in [2.45, 2.75) is 24.8 Å². The summed E-state index contributed by atoms with van der Waals surface area (Å²) >= 11 is 7.07. The van der Waals surface area contributed by atoms with Gasteiger partial charge >= 0.3 is 5.97 Å². The summed E-state index contributed by atoms with van der Waals surface area (Å²) < 4.78 is 37.3. The van der Waals surface area contributed by atoms with Crippen LogP contribution >= 0.6 is 22.9 Å². The number of rotatable bonds is 10. The molecule has 0 atom stereocenters. The Balaban J connectivity index is 2.23. The highest BCUT2D eigenvalue weighted by atomic mass is 35.5. The highest BCUT2D eigenvalue weighted by Gasteiger charge is 2.26. The van der Waals surface area contributed by atoms with Gasteiger partial charge < -0.3 is 9.47 Å². The van der Waals surface area contributed by atoms with E-state index in [9.17, 15) is 13.2 Å². The van der Waals surface area contributed by atoms with Crippen molar-refractivity contribution in [1.82, 2.24) is 9.29 Å². The van der Waals surface area contributed by atoms with Gasteiger partial charge in [0.25, 0.3) is 0 Å². The summed E-state index contributed by atoms with van der Waals surface area (Å²) in [6.45, 7) is 2.70. The zero-order valence-corrected chi connectivity index (χ0v) is 17.4. The Hall–Kier alpha value is -1.52. The highest BCUT2D eigenvalue weighted by Crippen LogP contribution is 2.22. The Labute approximate surface area is 167 Å². The van der Waals surface area contributed by atoms with Crippen molar-refractivity contribution < 1.29 is 22.7 Å². The summed E-state index contributed by atoms with van der Waals surface area (Å²) in [6.07, 6.45) is 0.527. The molecular weight excluding hydrogens is 412 g/mol. The van der Waals surface area contributed by atoms with Crippen LogP contribution < -0.4 is 0 Å². The molecule has 1 aromatic carbocycles. The molecule has 1 heterocycles. The fourth-order valence-electron chi connectivity index (χ4n) is 2.26. The van der Waals surface area contributed by atoms with Gasteiger partial charge in [-0.3, -0.25) is 0 Å². The Bertz CT molecular complexity index is 852. The standard InChI is InChI=1S/C17H21ClN2O5S2/c1-3-25-17(21)15-12-26-16(19-15)11-20(9-4-10-24-2)27(22,23)14-7-5-13(18)6-8-14/h5-8,12H,3-4,9-11H2,1-2H3. The van der Waals surface area contributed by atoms with Gasteiger partial charge in [0.1, 0.15) is 5.01 Å². The summed E-state index contributed by atoms with van der Waals surface area (Å²) in [5.41, 5.74) is 0.178. The predicted molar refractivity (Wildman–Crippen MR) is 104 cm³/mol. The number of hydrogen-bond acceptors (Lipinski definition) is 7. The SMILES string of the molecule is CCOC(=O)c1csc(CN(CCCOC)S(=O)(=O)c2ccc(Cl)cc2)n1. The zero-order chi connectivity index (χ0) is 19.9. The van der Waals surface area contributed by atoms with Crippen molar-refractivity contribution in [3.63, 3.8) is 0 Å². The first-order valence-corrected chi connectivity index (χ1v) is 10.9. The lowest BCUT2D eigenvalue weighted by atomic mass is 10.4. The predicted octanol–water partition coefficient (Wildman–Crippen LogP) is 3.20. The van der Waals surface area contributed by atoms with Gasteiger partial charge in [-0.15, -0.1) is 11.3 Å². The first-order chi connectivity index (χ1) is 12.9. The highest BCUT2D eigenvalue weighted by molar-refractivity contribution is 7.89. The van der Waals surface area contributed by atoms with Crippen LogP contribution in [0.5, 0.6) is 0 Å². The van der Waals surface area contributed by atoms with Gasteiger partial charge in [-0.25, -0.2) is 18.2 Å². The van der Waals surface area contributed by atoms with E-state index in [0.29, 0.717) is 23.1 Å². The molecule has 2 rings (SSSR count). The second kappa shape index (κ2) is 10.1. The van der Waals surface area contributed by atoms with E-state index < -0.39 is 16.0 Å². The van der Waals surface area contributed by atoms with Gasteiger partial charge in [-0.05, 0) is 37.6 Å². The third-order valence-electron chi connectivity index (χ3n) is 3.56. The van der Waals surface area contributed by atoms with Crippen LogP contribution in [0.2, 0.25) is 5.02 Å². The molecule has 0 aliphatic carbocycles. The topological polar surface area (TPSA) is 85.8 Å². The number of aromatic nitrogens is 1. The molecule has 27 heavy (non-hydrogen) atoms. The fraction of sp³-hybridized carbons (Fsp3) is 0.412. The van der Waals surface area contributed by atoms with Gasteiger partial charge in [0, 0.05) is 30.7 Å². The second-order valence-corrected chi connectivity index (χ2v) is 8.80. The number of nitrogens with zero attached hydrogens (tertiary/aromatic N) is 2. The molecule has 0 N–H and O–H groups in total. The monoisotopic (exact) mass is 432 g/mol. The lowest BCUT2D eigenvalue weighted by Gasteiger charge is -2.21. The normalized spacial score (nSPS) is 11.7. The van der Waals surface area contributed by atoms with E-state index in [1.807, 2.05) is 0 Å². The number of esters is 1. The van der Waals surface area contributed by atoms with E-state index in [1.54, 1.807) is 19.4 Å². The van der Waals surface area contributed by atoms with Crippen LogP contribution in [0.25, 0.3) is 0 Å². The van der Waals surface area contributed by atoms with Crippen molar-refractivity contribution in [3.05, 3.63) is 45.4 Å². The Morgan fingerprint density at radius 3 is 2.63 bits per heavy atom. The molecular formula is C17H21ClN2O5S2. The lowest BCUT2D eigenvalue weighted by Crippen LogP contribution is -2.32.